The first-order valence-corrected chi connectivity index (χ1v) is 5.68. The highest BCUT2D eigenvalue weighted by Gasteiger charge is 2.57. The van der Waals surface area contributed by atoms with Crippen LogP contribution >= 0.6 is 0 Å². The van der Waals surface area contributed by atoms with Gasteiger partial charge in [0.1, 0.15) is 0 Å². The van der Waals surface area contributed by atoms with Gasteiger partial charge in [-0.15, -0.1) is 0 Å². The Hall–Kier alpha value is -0.120. The van der Waals surface area contributed by atoms with Crippen LogP contribution in [0.15, 0.2) is 0 Å². The van der Waals surface area contributed by atoms with E-state index in [1.807, 2.05) is 0 Å². The van der Waals surface area contributed by atoms with Gasteiger partial charge in [-0.1, -0.05) is 0 Å². The largest absolute Gasteiger partial charge is 0.327 e. The fourth-order valence-electron chi connectivity index (χ4n) is 2.96. The maximum atomic E-state index is 5.92. The lowest BCUT2D eigenvalue weighted by Crippen LogP contribution is -2.45. The fourth-order valence-corrected chi connectivity index (χ4v) is 2.96. The van der Waals surface area contributed by atoms with Crippen LogP contribution in [0.5, 0.6) is 0 Å². The zero-order chi connectivity index (χ0) is 10.5. The fraction of sp³-hybridized carbons (Fsp3) is 1.00. The number of fused-ring (bicyclic) bond motifs is 1. The lowest BCUT2D eigenvalue weighted by molar-refractivity contribution is 0.185. The number of nitrogens with zero attached hydrogens (tertiary/aromatic N) is 2. The van der Waals surface area contributed by atoms with Crippen molar-refractivity contribution < 1.29 is 0 Å². The van der Waals surface area contributed by atoms with Crippen molar-refractivity contribution >= 4 is 0 Å². The molecule has 1 aliphatic carbocycles. The molecule has 1 saturated heterocycles. The summed E-state index contributed by atoms with van der Waals surface area (Å²) in [4.78, 5) is 4.93. The Morgan fingerprint density at radius 3 is 2.07 bits per heavy atom. The monoisotopic (exact) mass is 197 g/mol. The molecule has 14 heavy (non-hydrogen) atoms. The minimum atomic E-state index is 0.297. The molecule has 2 rings (SSSR count). The molecule has 0 amide bonds. The Morgan fingerprint density at radius 1 is 1.21 bits per heavy atom. The minimum absolute atomic E-state index is 0.297. The van der Waals surface area contributed by atoms with E-state index < -0.39 is 0 Å². The molecule has 0 aromatic heterocycles. The Balaban J connectivity index is 1.84. The lowest BCUT2D eigenvalue weighted by Gasteiger charge is -2.30. The van der Waals surface area contributed by atoms with E-state index >= 15 is 0 Å². The molecule has 0 aromatic carbocycles. The van der Waals surface area contributed by atoms with E-state index in [1.54, 1.807) is 0 Å². The second kappa shape index (κ2) is 3.47. The van der Waals surface area contributed by atoms with Gasteiger partial charge in [0.25, 0.3) is 0 Å². The summed E-state index contributed by atoms with van der Waals surface area (Å²) in [6, 6.07) is 1.70. The van der Waals surface area contributed by atoms with Gasteiger partial charge in [-0.05, 0) is 39.8 Å². The van der Waals surface area contributed by atoms with Crippen LogP contribution in [0.2, 0.25) is 0 Å². The van der Waals surface area contributed by atoms with Gasteiger partial charge in [-0.2, -0.15) is 0 Å². The molecule has 0 bridgehead atoms. The van der Waals surface area contributed by atoms with Crippen molar-refractivity contribution in [2.45, 2.75) is 32.0 Å². The lowest BCUT2D eigenvalue weighted by atomic mass is 10.1. The molecule has 4 unspecified atom stereocenters. The Kier molecular flexibility index (Phi) is 2.58. The molecule has 3 nitrogen and oxygen atoms in total. The molecule has 0 spiro atoms. The van der Waals surface area contributed by atoms with Crippen LogP contribution in [0.1, 0.15) is 13.8 Å². The van der Waals surface area contributed by atoms with Gasteiger partial charge in [-0.3, -0.25) is 4.90 Å². The van der Waals surface area contributed by atoms with E-state index in [0.29, 0.717) is 12.1 Å². The van der Waals surface area contributed by atoms with Crippen molar-refractivity contribution in [2.24, 2.45) is 17.6 Å². The Bertz CT molecular complexity index is 203. The predicted octanol–water partition coefficient (Wildman–Crippen LogP) is 0.214. The zero-order valence-corrected chi connectivity index (χ0v) is 9.77. The quantitative estimate of drug-likeness (QED) is 0.702. The first-order valence-electron chi connectivity index (χ1n) is 5.68. The third-order valence-corrected chi connectivity index (χ3v) is 4.11. The smallest absolute Gasteiger partial charge is 0.0216 e. The average molecular weight is 197 g/mol. The standard InChI is InChI=1S/C11H23N3/c1-7(12)8(2)14-5-9-10(6-14)11(9)13(3)4/h7-11H,5-6,12H2,1-4H3. The van der Waals surface area contributed by atoms with Gasteiger partial charge in [0, 0.05) is 31.2 Å². The van der Waals surface area contributed by atoms with Gasteiger partial charge in [0.05, 0.1) is 0 Å². The van der Waals surface area contributed by atoms with Crippen LogP contribution in [0.4, 0.5) is 0 Å². The van der Waals surface area contributed by atoms with E-state index in [4.69, 9.17) is 5.73 Å². The van der Waals surface area contributed by atoms with Crippen molar-refractivity contribution in [3.8, 4) is 0 Å². The van der Waals surface area contributed by atoms with Crippen LogP contribution in [0.3, 0.4) is 0 Å². The molecule has 2 fully saturated rings. The zero-order valence-electron chi connectivity index (χ0n) is 9.77. The molecular formula is C11H23N3. The van der Waals surface area contributed by atoms with Gasteiger partial charge in [0.2, 0.25) is 0 Å². The minimum Gasteiger partial charge on any atom is -0.327 e. The maximum Gasteiger partial charge on any atom is 0.0216 e. The number of piperidine rings is 1. The molecule has 82 valence electrons. The molecule has 0 radical (unpaired) electrons. The molecule has 1 heterocycles. The van der Waals surface area contributed by atoms with E-state index in [1.165, 1.54) is 13.1 Å². The van der Waals surface area contributed by atoms with E-state index in [0.717, 1.165) is 17.9 Å². The van der Waals surface area contributed by atoms with Crippen molar-refractivity contribution in [1.29, 1.82) is 0 Å². The molecule has 3 heteroatoms. The van der Waals surface area contributed by atoms with E-state index in [-0.39, 0.29) is 0 Å². The van der Waals surface area contributed by atoms with Crippen LogP contribution in [-0.4, -0.2) is 55.1 Å². The van der Waals surface area contributed by atoms with Crippen molar-refractivity contribution in [2.75, 3.05) is 27.2 Å². The van der Waals surface area contributed by atoms with Crippen molar-refractivity contribution in [3.63, 3.8) is 0 Å². The summed E-state index contributed by atoms with van der Waals surface area (Å²) in [5.74, 6) is 1.84. The third kappa shape index (κ3) is 1.58. The Labute approximate surface area is 87.2 Å². The number of hydrogen-bond acceptors (Lipinski definition) is 3. The number of rotatable bonds is 3. The van der Waals surface area contributed by atoms with E-state index in [9.17, 15) is 0 Å². The van der Waals surface area contributed by atoms with Crippen LogP contribution in [0.25, 0.3) is 0 Å². The average Bonchev–Trinajstić information content (AvgIpc) is 2.62. The van der Waals surface area contributed by atoms with Crippen LogP contribution < -0.4 is 5.73 Å². The summed E-state index contributed by atoms with van der Waals surface area (Å²) < 4.78 is 0. The third-order valence-electron chi connectivity index (χ3n) is 4.11. The second-order valence-corrected chi connectivity index (χ2v) is 5.34. The molecule has 4 atom stereocenters. The highest BCUT2D eigenvalue weighted by Crippen LogP contribution is 2.48. The number of likely N-dealkylation sites (tertiary alicyclic amines) is 1. The van der Waals surface area contributed by atoms with Crippen LogP contribution in [0, 0.1) is 11.8 Å². The van der Waals surface area contributed by atoms with Gasteiger partial charge in [-0.25, -0.2) is 0 Å². The van der Waals surface area contributed by atoms with E-state index in [2.05, 4.69) is 37.7 Å². The number of hydrogen-bond donors (Lipinski definition) is 1. The first-order chi connectivity index (χ1) is 6.52. The van der Waals surface area contributed by atoms with Crippen LogP contribution in [-0.2, 0) is 0 Å². The van der Waals surface area contributed by atoms with Gasteiger partial charge in [0.15, 0.2) is 0 Å². The summed E-state index contributed by atoms with van der Waals surface area (Å²) in [7, 11) is 4.39. The van der Waals surface area contributed by atoms with Crippen molar-refractivity contribution in [3.05, 3.63) is 0 Å². The summed E-state index contributed by atoms with van der Waals surface area (Å²) in [6.45, 7) is 6.88. The summed E-state index contributed by atoms with van der Waals surface area (Å²) in [6.07, 6.45) is 0. The SMILES string of the molecule is CC(N)C(C)N1CC2C(C1)C2N(C)C. The number of nitrogens with two attached hydrogens (primary N) is 1. The molecule has 2 N–H and O–H groups in total. The molecule has 2 aliphatic rings. The first kappa shape index (κ1) is 10.4. The summed E-state index contributed by atoms with van der Waals surface area (Å²) in [5, 5.41) is 0. The summed E-state index contributed by atoms with van der Waals surface area (Å²) >= 11 is 0. The van der Waals surface area contributed by atoms with Gasteiger partial charge < -0.3 is 10.6 Å². The molecule has 1 aliphatic heterocycles. The Morgan fingerprint density at radius 2 is 1.71 bits per heavy atom. The second-order valence-electron chi connectivity index (χ2n) is 5.34. The topological polar surface area (TPSA) is 32.5 Å². The highest BCUT2D eigenvalue weighted by molar-refractivity contribution is 5.11. The molecular weight excluding hydrogens is 174 g/mol. The van der Waals surface area contributed by atoms with Gasteiger partial charge >= 0.3 is 0 Å². The van der Waals surface area contributed by atoms with Crippen molar-refractivity contribution in [1.82, 2.24) is 9.80 Å². The molecule has 0 aromatic rings. The highest BCUT2D eigenvalue weighted by atomic mass is 15.3. The maximum absolute atomic E-state index is 5.92. The normalized spacial score (nSPS) is 41.1. The predicted molar refractivity (Wildman–Crippen MR) is 59.1 cm³/mol. The molecule has 1 saturated carbocycles. The summed E-state index contributed by atoms with van der Waals surface area (Å²) in [5.41, 5.74) is 5.92.